The number of hydrogen-bond donors (Lipinski definition) is 3. The van der Waals surface area contributed by atoms with E-state index in [0.717, 1.165) is 11.1 Å². The van der Waals surface area contributed by atoms with Gasteiger partial charge in [-0.05, 0) is 23.3 Å². The Morgan fingerprint density at radius 3 is 2.45 bits per heavy atom. The van der Waals surface area contributed by atoms with Crippen LogP contribution in [-0.2, 0) is 0 Å². The number of rotatable bonds is 6. The molecule has 0 saturated heterocycles. The third kappa shape index (κ3) is 3.44. The summed E-state index contributed by atoms with van der Waals surface area (Å²) < 4.78 is 0. The summed E-state index contributed by atoms with van der Waals surface area (Å²) in [6.07, 6.45) is 0. The smallest absolute Gasteiger partial charge is 0.248 e. The second-order valence-corrected chi connectivity index (χ2v) is 4.51. The molecule has 0 saturated carbocycles. The molecule has 0 aliphatic heterocycles. The molecule has 20 heavy (non-hydrogen) atoms. The van der Waals surface area contributed by atoms with Crippen LogP contribution in [0, 0.1) is 0 Å². The number of aliphatic hydroxyl groups is 1. The van der Waals surface area contributed by atoms with Crippen LogP contribution >= 0.6 is 0 Å². The van der Waals surface area contributed by atoms with Crippen LogP contribution in [0.3, 0.4) is 0 Å². The quantitative estimate of drug-likeness (QED) is 0.744. The van der Waals surface area contributed by atoms with Crippen LogP contribution in [0.1, 0.15) is 27.5 Å². The summed E-state index contributed by atoms with van der Waals surface area (Å²) in [4.78, 5) is 11.3. The Hall–Kier alpha value is -2.17. The summed E-state index contributed by atoms with van der Waals surface area (Å²) in [6.45, 7) is 0.527. The van der Waals surface area contributed by atoms with E-state index in [1.54, 1.807) is 12.1 Å². The molecule has 4 heteroatoms. The maximum atomic E-state index is 11.3. The van der Waals surface area contributed by atoms with E-state index in [-0.39, 0.29) is 12.6 Å². The van der Waals surface area contributed by atoms with Gasteiger partial charge >= 0.3 is 0 Å². The minimum Gasteiger partial charge on any atom is -0.395 e. The number of hydrogen-bond acceptors (Lipinski definition) is 3. The van der Waals surface area contributed by atoms with Crippen molar-refractivity contribution in [2.75, 3.05) is 13.2 Å². The van der Waals surface area contributed by atoms with Gasteiger partial charge in [0.2, 0.25) is 5.91 Å². The van der Waals surface area contributed by atoms with E-state index in [1.807, 2.05) is 42.5 Å². The van der Waals surface area contributed by atoms with Crippen molar-refractivity contribution < 1.29 is 9.90 Å². The first-order valence-corrected chi connectivity index (χ1v) is 6.51. The lowest BCUT2D eigenvalue weighted by molar-refractivity contribution is 0.1000. The largest absolute Gasteiger partial charge is 0.395 e. The maximum absolute atomic E-state index is 11.3. The highest BCUT2D eigenvalue weighted by molar-refractivity contribution is 5.92. The van der Waals surface area contributed by atoms with Gasteiger partial charge in [-0.3, -0.25) is 4.79 Å². The molecule has 0 aliphatic carbocycles. The minimum absolute atomic E-state index is 0.0544. The first-order chi connectivity index (χ1) is 9.72. The molecule has 0 bridgehead atoms. The molecule has 2 aromatic carbocycles. The van der Waals surface area contributed by atoms with E-state index >= 15 is 0 Å². The fourth-order valence-corrected chi connectivity index (χ4v) is 2.15. The van der Waals surface area contributed by atoms with Crippen molar-refractivity contribution in [3.05, 3.63) is 71.3 Å². The van der Waals surface area contributed by atoms with Gasteiger partial charge in [-0.2, -0.15) is 0 Å². The van der Waals surface area contributed by atoms with Crippen LogP contribution in [0.4, 0.5) is 0 Å². The lowest BCUT2D eigenvalue weighted by atomic mass is 9.97. The van der Waals surface area contributed by atoms with Gasteiger partial charge < -0.3 is 16.2 Å². The van der Waals surface area contributed by atoms with Crippen molar-refractivity contribution in [2.24, 2.45) is 5.73 Å². The predicted molar refractivity (Wildman–Crippen MR) is 78.3 cm³/mol. The second kappa shape index (κ2) is 6.84. The molecule has 2 rings (SSSR count). The standard InChI is InChI=1S/C16H18N2O2/c17-16(20)14-8-4-7-13(11-14)15(18-9-10-19)12-5-2-1-3-6-12/h1-8,11,15,18-19H,9-10H2,(H2,17,20). The number of carbonyl (C=O) groups excluding carboxylic acids is 1. The lowest BCUT2D eigenvalue weighted by Gasteiger charge is -2.19. The number of nitrogens with two attached hydrogens (primary N) is 1. The van der Waals surface area contributed by atoms with Crippen molar-refractivity contribution in [1.29, 1.82) is 0 Å². The van der Waals surface area contributed by atoms with Crippen molar-refractivity contribution >= 4 is 5.91 Å². The molecular formula is C16H18N2O2. The van der Waals surface area contributed by atoms with Gasteiger partial charge in [-0.15, -0.1) is 0 Å². The monoisotopic (exact) mass is 270 g/mol. The van der Waals surface area contributed by atoms with E-state index in [1.165, 1.54) is 0 Å². The molecule has 0 spiro atoms. The predicted octanol–water partition coefficient (Wildman–Crippen LogP) is 1.46. The zero-order valence-corrected chi connectivity index (χ0v) is 11.1. The third-order valence-corrected chi connectivity index (χ3v) is 3.10. The van der Waals surface area contributed by atoms with Crippen molar-refractivity contribution in [3.63, 3.8) is 0 Å². The number of carbonyl (C=O) groups is 1. The summed E-state index contributed by atoms with van der Waals surface area (Å²) in [5, 5.41) is 12.3. The van der Waals surface area contributed by atoms with E-state index in [2.05, 4.69) is 5.32 Å². The highest BCUT2D eigenvalue weighted by Gasteiger charge is 2.14. The van der Waals surface area contributed by atoms with Gasteiger partial charge in [0.1, 0.15) is 0 Å². The van der Waals surface area contributed by atoms with Gasteiger partial charge in [-0.1, -0.05) is 42.5 Å². The van der Waals surface area contributed by atoms with Crippen LogP contribution < -0.4 is 11.1 Å². The Labute approximate surface area is 118 Å². The van der Waals surface area contributed by atoms with Gasteiger partial charge in [0.05, 0.1) is 12.6 Å². The van der Waals surface area contributed by atoms with Crippen LogP contribution in [0.25, 0.3) is 0 Å². The highest BCUT2D eigenvalue weighted by atomic mass is 16.3. The van der Waals surface area contributed by atoms with Crippen molar-refractivity contribution in [3.8, 4) is 0 Å². The molecule has 0 fully saturated rings. The van der Waals surface area contributed by atoms with E-state index < -0.39 is 5.91 Å². The molecule has 4 N–H and O–H groups in total. The zero-order chi connectivity index (χ0) is 14.4. The van der Waals surface area contributed by atoms with Gasteiger partial charge in [0.15, 0.2) is 0 Å². The Morgan fingerprint density at radius 2 is 1.80 bits per heavy atom. The average Bonchev–Trinajstić information content (AvgIpc) is 2.49. The fourth-order valence-electron chi connectivity index (χ4n) is 2.15. The van der Waals surface area contributed by atoms with Crippen LogP contribution in [0.5, 0.6) is 0 Å². The number of amides is 1. The Balaban J connectivity index is 2.36. The van der Waals surface area contributed by atoms with E-state index in [4.69, 9.17) is 10.8 Å². The van der Waals surface area contributed by atoms with E-state index in [9.17, 15) is 4.79 Å². The zero-order valence-electron chi connectivity index (χ0n) is 11.1. The second-order valence-electron chi connectivity index (χ2n) is 4.51. The minimum atomic E-state index is -0.444. The molecule has 0 radical (unpaired) electrons. The molecule has 1 amide bonds. The Kier molecular flexibility index (Phi) is 4.87. The summed E-state index contributed by atoms with van der Waals surface area (Å²) in [6, 6.07) is 17.0. The number of primary amides is 1. The SMILES string of the molecule is NC(=O)c1cccc(C(NCCO)c2ccccc2)c1. The summed E-state index contributed by atoms with van der Waals surface area (Å²) >= 11 is 0. The topological polar surface area (TPSA) is 75.4 Å². The third-order valence-electron chi connectivity index (χ3n) is 3.10. The van der Waals surface area contributed by atoms with Crippen molar-refractivity contribution in [1.82, 2.24) is 5.32 Å². The highest BCUT2D eigenvalue weighted by Crippen LogP contribution is 2.22. The summed E-state index contributed by atoms with van der Waals surface area (Å²) in [5.41, 5.74) is 7.82. The molecule has 1 atom stereocenters. The first kappa shape index (κ1) is 14.2. The molecule has 0 aromatic heterocycles. The van der Waals surface area contributed by atoms with E-state index in [0.29, 0.717) is 12.1 Å². The number of benzene rings is 2. The number of aliphatic hydroxyl groups excluding tert-OH is 1. The molecule has 104 valence electrons. The van der Waals surface area contributed by atoms with Gasteiger partial charge in [0, 0.05) is 12.1 Å². The van der Waals surface area contributed by atoms with Crippen LogP contribution in [0.2, 0.25) is 0 Å². The van der Waals surface area contributed by atoms with Gasteiger partial charge in [0.25, 0.3) is 0 Å². The van der Waals surface area contributed by atoms with Gasteiger partial charge in [-0.25, -0.2) is 0 Å². The molecule has 4 nitrogen and oxygen atoms in total. The Bertz CT molecular complexity index is 570. The molecule has 0 heterocycles. The van der Waals surface area contributed by atoms with Crippen LogP contribution in [-0.4, -0.2) is 24.2 Å². The fraction of sp³-hybridized carbons (Fsp3) is 0.188. The maximum Gasteiger partial charge on any atom is 0.248 e. The normalized spacial score (nSPS) is 12.1. The first-order valence-electron chi connectivity index (χ1n) is 6.51. The Morgan fingerprint density at radius 1 is 1.10 bits per heavy atom. The molecule has 1 unspecified atom stereocenters. The molecule has 2 aromatic rings. The lowest BCUT2D eigenvalue weighted by Crippen LogP contribution is -2.25. The number of nitrogens with one attached hydrogen (secondary N) is 1. The molecular weight excluding hydrogens is 252 g/mol. The van der Waals surface area contributed by atoms with Crippen molar-refractivity contribution in [2.45, 2.75) is 6.04 Å². The summed E-state index contributed by atoms with van der Waals surface area (Å²) in [7, 11) is 0. The summed E-state index contributed by atoms with van der Waals surface area (Å²) in [5.74, 6) is -0.444. The van der Waals surface area contributed by atoms with Crippen LogP contribution in [0.15, 0.2) is 54.6 Å². The molecule has 0 aliphatic rings. The average molecular weight is 270 g/mol.